The van der Waals surface area contributed by atoms with Crippen LogP contribution >= 0.6 is 11.8 Å². The van der Waals surface area contributed by atoms with Crippen LogP contribution in [-0.2, 0) is 6.54 Å². The first-order valence-electron chi connectivity index (χ1n) is 9.30. The van der Waals surface area contributed by atoms with E-state index in [9.17, 15) is 9.18 Å². The summed E-state index contributed by atoms with van der Waals surface area (Å²) in [7, 11) is 1.92. The van der Waals surface area contributed by atoms with Crippen LogP contribution in [0.5, 0.6) is 0 Å². The first kappa shape index (κ1) is 20.8. The SMILES string of the molecule is CCSc1nc(N(C)c2cccnc2)cc(C)c1C(=O)NCc1cccc(F)c1. The lowest BCUT2D eigenvalue weighted by molar-refractivity contribution is 0.0946. The van der Waals surface area contributed by atoms with E-state index in [-0.39, 0.29) is 18.3 Å². The molecule has 1 N–H and O–H groups in total. The van der Waals surface area contributed by atoms with Crippen LogP contribution in [0.4, 0.5) is 15.9 Å². The summed E-state index contributed by atoms with van der Waals surface area (Å²) in [5.41, 5.74) is 3.01. The van der Waals surface area contributed by atoms with E-state index in [1.54, 1.807) is 24.5 Å². The zero-order valence-corrected chi connectivity index (χ0v) is 17.5. The molecule has 1 aromatic carbocycles. The molecule has 7 heteroatoms. The van der Waals surface area contributed by atoms with Gasteiger partial charge in [-0.15, -0.1) is 11.8 Å². The van der Waals surface area contributed by atoms with Gasteiger partial charge in [0.25, 0.3) is 5.91 Å². The predicted octanol–water partition coefficient (Wildman–Crippen LogP) is 4.73. The number of halogens is 1. The van der Waals surface area contributed by atoms with Gasteiger partial charge >= 0.3 is 0 Å². The normalized spacial score (nSPS) is 10.6. The van der Waals surface area contributed by atoms with Crippen molar-refractivity contribution >= 4 is 29.2 Å². The topological polar surface area (TPSA) is 58.1 Å². The quantitative estimate of drug-likeness (QED) is 0.571. The highest BCUT2D eigenvalue weighted by Gasteiger charge is 2.19. The van der Waals surface area contributed by atoms with Gasteiger partial charge in [-0.25, -0.2) is 9.37 Å². The number of rotatable bonds is 7. The van der Waals surface area contributed by atoms with Gasteiger partial charge < -0.3 is 10.2 Å². The molecule has 1 amide bonds. The third-order valence-corrected chi connectivity index (χ3v) is 5.25. The summed E-state index contributed by atoms with van der Waals surface area (Å²) in [6, 6.07) is 11.9. The van der Waals surface area contributed by atoms with E-state index in [0.717, 1.165) is 22.8 Å². The number of benzene rings is 1. The first-order chi connectivity index (χ1) is 14.0. The highest BCUT2D eigenvalue weighted by molar-refractivity contribution is 7.99. The maximum absolute atomic E-state index is 13.4. The molecule has 2 aromatic heterocycles. The lowest BCUT2D eigenvalue weighted by Gasteiger charge is -2.21. The van der Waals surface area contributed by atoms with E-state index >= 15 is 0 Å². The Morgan fingerprint density at radius 3 is 2.76 bits per heavy atom. The standard InChI is InChI=1S/C22H23FN4OS/c1-4-29-22-20(21(28)25-13-16-7-5-8-17(23)12-16)15(2)11-19(26-22)27(3)18-9-6-10-24-14-18/h5-12,14H,4,13H2,1-3H3,(H,25,28). The number of hydrogen-bond donors (Lipinski definition) is 1. The molecule has 5 nitrogen and oxygen atoms in total. The Bertz CT molecular complexity index is 997. The smallest absolute Gasteiger partial charge is 0.254 e. The van der Waals surface area contributed by atoms with Crippen molar-refractivity contribution in [2.24, 2.45) is 0 Å². The number of nitrogens with one attached hydrogen (secondary N) is 1. The van der Waals surface area contributed by atoms with Crippen LogP contribution in [0.15, 0.2) is 59.9 Å². The third kappa shape index (κ3) is 5.12. The molecule has 2 heterocycles. The van der Waals surface area contributed by atoms with Gasteiger partial charge in [0.05, 0.1) is 17.4 Å². The number of thioether (sulfide) groups is 1. The Balaban J connectivity index is 1.86. The minimum atomic E-state index is -0.320. The Morgan fingerprint density at radius 2 is 2.07 bits per heavy atom. The third-order valence-electron chi connectivity index (χ3n) is 4.40. The van der Waals surface area contributed by atoms with E-state index in [1.165, 1.54) is 23.9 Å². The van der Waals surface area contributed by atoms with Gasteiger partial charge in [-0.1, -0.05) is 19.1 Å². The lowest BCUT2D eigenvalue weighted by atomic mass is 10.1. The molecule has 0 radical (unpaired) electrons. The van der Waals surface area contributed by atoms with Crippen LogP contribution in [0.1, 0.15) is 28.4 Å². The summed E-state index contributed by atoms with van der Waals surface area (Å²) in [6.07, 6.45) is 3.49. The van der Waals surface area contributed by atoms with Crippen molar-refractivity contribution in [2.75, 3.05) is 17.7 Å². The lowest BCUT2D eigenvalue weighted by Crippen LogP contribution is -2.25. The molecule has 0 aliphatic carbocycles. The minimum Gasteiger partial charge on any atom is -0.348 e. The fourth-order valence-corrected chi connectivity index (χ4v) is 3.75. The number of anilines is 2. The van der Waals surface area contributed by atoms with E-state index in [4.69, 9.17) is 4.98 Å². The molecule has 0 atom stereocenters. The van der Waals surface area contributed by atoms with Crippen molar-refractivity contribution in [1.82, 2.24) is 15.3 Å². The molecule has 0 aliphatic rings. The molecule has 0 spiro atoms. The summed E-state index contributed by atoms with van der Waals surface area (Å²) in [5, 5.41) is 3.56. The number of aryl methyl sites for hydroxylation is 1. The Hall–Kier alpha value is -2.93. The van der Waals surface area contributed by atoms with Gasteiger partial charge in [-0.2, -0.15) is 0 Å². The monoisotopic (exact) mass is 410 g/mol. The van der Waals surface area contributed by atoms with Crippen LogP contribution in [0.3, 0.4) is 0 Å². The van der Waals surface area contributed by atoms with Crippen molar-refractivity contribution in [2.45, 2.75) is 25.4 Å². The second-order valence-corrected chi connectivity index (χ2v) is 7.75. The fraction of sp³-hybridized carbons (Fsp3) is 0.227. The Kier molecular flexibility index (Phi) is 6.82. The number of carbonyl (C=O) groups excluding carboxylic acids is 1. The predicted molar refractivity (Wildman–Crippen MR) is 115 cm³/mol. The molecule has 3 aromatic rings. The maximum atomic E-state index is 13.4. The molecule has 0 aliphatic heterocycles. The van der Waals surface area contributed by atoms with Crippen LogP contribution in [0, 0.1) is 12.7 Å². The second-order valence-electron chi connectivity index (χ2n) is 6.49. The second kappa shape index (κ2) is 9.52. The molecule has 0 saturated carbocycles. The average Bonchev–Trinajstić information content (AvgIpc) is 2.72. The van der Waals surface area contributed by atoms with Crippen LogP contribution < -0.4 is 10.2 Å². The number of aromatic nitrogens is 2. The van der Waals surface area contributed by atoms with Crippen molar-refractivity contribution < 1.29 is 9.18 Å². The molecule has 0 bridgehead atoms. The van der Waals surface area contributed by atoms with Crippen LogP contribution in [0.25, 0.3) is 0 Å². The number of carbonyl (C=O) groups is 1. The molecular formula is C22H23FN4OS. The summed E-state index contributed by atoms with van der Waals surface area (Å²) < 4.78 is 13.4. The summed E-state index contributed by atoms with van der Waals surface area (Å²) in [4.78, 5) is 23.7. The number of pyridine rings is 2. The van der Waals surface area contributed by atoms with Crippen molar-refractivity contribution in [1.29, 1.82) is 0 Å². The first-order valence-corrected chi connectivity index (χ1v) is 10.3. The van der Waals surface area contributed by atoms with Gasteiger partial charge in [0.1, 0.15) is 16.7 Å². The highest BCUT2D eigenvalue weighted by Crippen LogP contribution is 2.29. The van der Waals surface area contributed by atoms with E-state index in [1.807, 2.05) is 44.0 Å². The van der Waals surface area contributed by atoms with Crippen molar-refractivity contribution in [3.63, 3.8) is 0 Å². The molecule has 3 rings (SSSR count). The summed E-state index contributed by atoms with van der Waals surface area (Å²) >= 11 is 1.52. The zero-order valence-electron chi connectivity index (χ0n) is 16.6. The number of amides is 1. The van der Waals surface area contributed by atoms with Gasteiger partial charge in [-0.3, -0.25) is 9.78 Å². The van der Waals surface area contributed by atoms with Gasteiger partial charge in [0.15, 0.2) is 0 Å². The zero-order chi connectivity index (χ0) is 20.8. The Labute approximate surface area is 174 Å². The summed E-state index contributed by atoms with van der Waals surface area (Å²) in [5.74, 6) is 0.995. The van der Waals surface area contributed by atoms with Gasteiger partial charge in [-0.05, 0) is 54.1 Å². The van der Waals surface area contributed by atoms with Gasteiger partial charge in [0, 0.05) is 19.8 Å². The van der Waals surface area contributed by atoms with E-state index < -0.39 is 0 Å². The van der Waals surface area contributed by atoms with Crippen molar-refractivity contribution in [3.8, 4) is 0 Å². The van der Waals surface area contributed by atoms with Crippen LogP contribution in [-0.4, -0.2) is 28.7 Å². The molecule has 0 fully saturated rings. The molecule has 29 heavy (non-hydrogen) atoms. The average molecular weight is 411 g/mol. The maximum Gasteiger partial charge on any atom is 0.254 e. The van der Waals surface area contributed by atoms with Crippen molar-refractivity contribution in [3.05, 3.63) is 77.4 Å². The number of hydrogen-bond acceptors (Lipinski definition) is 5. The van der Waals surface area contributed by atoms with Crippen LogP contribution in [0.2, 0.25) is 0 Å². The van der Waals surface area contributed by atoms with E-state index in [2.05, 4.69) is 10.3 Å². The fourth-order valence-electron chi connectivity index (χ4n) is 2.92. The highest BCUT2D eigenvalue weighted by atomic mass is 32.2. The van der Waals surface area contributed by atoms with Gasteiger partial charge in [0.2, 0.25) is 0 Å². The summed E-state index contributed by atoms with van der Waals surface area (Å²) in [6.45, 7) is 4.18. The molecule has 0 unspecified atom stereocenters. The number of nitrogens with zero attached hydrogens (tertiary/aromatic N) is 3. The largest absolute Gasteiger partial charge is 0.348 e. The minimum absolute atomic E-state index is 0.217. The van der Waals surface area contributed by atoms with E-state index in [0.29, 0.717) is 16.2 Å². The molecule has 150 valence electrons. The Morgan fingerprint density at radius 1 is 1.24 bits per heavy atom. The molecular weight excluding hydrogens is 387 g/mol. The molecule has 0 saturated heterocycles.